The van der Waals surface area contributed by atoms with E-state index in [0.717, 1.165) is 44.8 Å². The highest BCUT2D eigenvalue weighted by Crippen LogP contribution is 2.24. The number of morpholine rings is 1. The summed E-state index contributed by atoms with van der Waals surface area (Å²) in [5, 5.41) is 12.8. The predicted octanol–water partition coefficient (Wildman–Crippen LogP) is 1.35. The molecule has 1 atom stereocenters. The van der Waals surface area contributed by atoms with E-state index in [0.29, 0.717) is 0 Å². The van der Waals surface area contributed by atoms with Crippen LogP contribution in [0.3, 0.4) is 0 Å². The SMILES string of the molecule is CNC(C#N)(CCN1CCOCC1)c1ccccc1. The molecule has 0 amide bonds. The van der Waals surface area contributed by atoms with Gasteiger partial charge >= 0.3 is 0 Å². The minimum absolute atomic E-state index is 0.598. The Morgan fingerprint density at radius 1 is 1.32 bits per heavy atom. The maximum Gasteiger partial charge on any atom is 0.133 e. The van der Waals surface area contributed by atoms with Crippen molar-refractivity contribution in [2.45, 2.75) is 12.0 Å². The minimum atomic E-state index is -0.598. The number of nitrogens with zero attached hydrogens (tertiary/aromatic N) is 2. The Labute approximate surface area is 115 Å². The average molecular weight is 259 g/mol. The first-order chi connectivity index (χ1) is 9.30. The Hall–Kier alpha value is -1.41. The summed E-state index contributed by atoms with van der Waals surface area (Å²) in [5.41, 5.74) is 0.438. The molecule has 0 bridgehead atoms. The van der Waals surface area contributed by atoms with Gasteiger partial charge in [-0.25, -0.2) is 0 Å². The van der Waals surface area contributed by atoms with E-state index in [9.17, 15) is 5.26 Å². The number of benzene rings is 1. The van der Waals surface area contributed by atoms with Gasteiger partial charge in [-0.15, -0.1) is 0 Å². The molecule has 102 valence electrons. The lowest BCUT2D eigenvalue weighted by molar-refractivity contribution is 0.0349. The van der Waals surface area contributed by atoms with E-state index in [1.54, 1.807) is 0 Å². The summed E-state index contributed by atoms with van der Waals surface area (Å²) in [6, 6.07) is 12.4. The molecule has 0 saturated carbocycles. The first-order valence-corrected chi connectivity index (χ1v) is 6.76. The van der Waals surface area contributed by atoms with Crippen molar-refractivity contribution in [3.63, 3.8) is 0 Å². The molecular formula is C15H21N3O. The van der Waals surface area contributed by atoms with Gasteiger partial charge in [-0.3, -0.25) is 10.2 Å². The number of rotatable bonds is 5. The van der Waals surface area contributed by atoms with Crippen LogP contribution in [0.4, 0.5) is 0 Å². The van der Waals surface area contributed by atoms with Gasteiger partial charge in [0.05, 0.1) is 19.3 Å². The highest BCUT2D eigenvalue weighted by Gasteiger charge is 2.30. The predicted molar refractivity (Wildman–Crippen MR) is 74.7 cm³/mol. The number of hydrogen-bond acceptors (Lipinski definition) is 4. The Bertz CT molecular complexity index is 423. The van der Waals surface area contributed by atoms with Crippen LogP contribution in [-0.4, -0.2) is 44.8 Å². The van der Waals surface area contributed by atoms with E-state index >= 15 is 0 Å². The zero-order valence-electron chi connectivity index (χ0n) is 11.4. The molecule has 0 radical (unpaired) electrons. The van der Waals surface area contributed by atoms with E-state index in [4.69, 9.17) is 4.74 Å². The molecule has 1 aromatic rings. The van der Waals surface area contributed by atoms with Crippen LogP contribution < -0.4 is 5.32 Å². The van der Waals surface area contributed by atoms with E-state index in [-0.39, 0.29) is 0 Å². The maximum atomic E-state index is 9.60. The van der Waals surface area contributed by atoms with Gasteiger partial charge in [-0.05, 0) is 19.0 Å². The fourth-order valence-electron chi connectivity index (χ4n) is 2.46. The lowest BCUT2D eigenvalue weighted by Gasteiger charge is -2.32. The van der Waals surface area contributed by atoms with Crippen molar-refractivity contribution in [2.75, 3.05) is 39.9 Å². The standard InChI is InChI=1S/C15H21N3O/c1-17-15(13-16,14-5-3-2-4-6-14)7-8-18-9-11-19-12-10-18/h2-6,17H,7-12H2,1H3. The van der Waals surface area contributed by atoms with Crippen LogP contribution in [0.1, 0.15) is 12.0 Å². The third kappa shape index (κ3) is 3.32. The zero-order valence-corrected chi connectivity index (χ0v) is 11.4. The molecule has 1 aliphatic rings. The number of ether oxygens (including phenoxy) is 1. The van der Waals surface area contributed by atoms with Gasteiger partial charge in [-0.2, -0.15) is 5.26 Å². The molecule has 1 unspecified atom stereocenters. The van der Waals surface area contributed by atoms with Crippen molar-refractivity contribution < 1.29 is 4.74 Å². The van der Waals surface area contributed by atoms with Crippen molar-refractivity contribution in [1.29, 1.82) is 5.26 Å². The molecule has 1 aliphatic heterocycles. The zero-order chi connectivity index (χ0) is 13.6. The number of nitriles is 1. The van der Waals surface area contributed by atoms with E-state index in [1.165, 1.54) is 0 Å². The van der Waals surface area contributed by atoms with Crippen LogP contribution in [0.2, 0.25) is 0 Å². The number of hydrogen-bond donors (Lipinski definition) is 1. The summed E-state index contributed by atoms with van der Waals surface area (Å²) in [5.74, 6) is 0. The highest BCUT2D eigenvalue weighted by atomic mass is 16.5. The van der Waals surface area contributed by atoms with E-state index in [2.05, 4.69) is 16.3 Å². The Morgan fingerprint density at radius 3 is 2.58 bits per heavy atom. The van der Waals surface area contributed by atoms with Gasteiger partial charge in [0.1, 0.15) is 5.54 Å². The Morgan fingerprint density at radius 2 is 2.00 bits per heavy atom. The van der Waals surface area contributed by atoms with Crippen LogP contribution in [0.5, 0.6) is 0 Å². The summed E-state index contributed by atoms with van der Waals surface area (Å²) < 4.78 is 5.35. The van der Waals surface area contributed by atoms with Crippen LogP contribution in [0.15, 0.2) is 30.3 Å². The molecule has 2 rings (SSSR count). The fourth-order valence-corrected chi connectivity index (χ4v) is 2.46. The van der Waals surface area contributed by atoms with Gasteiger partial charge in [0, 0.05) is 19.6 Å². The summed E-state index contributed by atoms with van der Waals surface area (Å²) in [7, 11) is 1.86. The Kier molecular flexibility index (Phi) is 4.92. The summed E-state index contributed by atoms with van der Waals surface area (Å²) >= 11 is 0. The van der Waals surface area contributed by atoms with Crippen molar-refractivity contribution >= 4 is 0 Å². The minimum Gasteiger partial charge on any atom is -0.379 e. The molecule has 0 aliphatic carbocycles. The lowest BCUT2D eigenvalue weighted by atomic mass is 9.88. The second kappa shape index (κ2) is 6.67. The summed E-state index contributed by atoms with van der Waals surface area (Å²) in [4.78, 5) is 2.36. The molecule has 1 saturated heterocycles. The van der Waals surface area contributed by atoms with Crippen LogP contribution >= 0.6 is 0 Å². The van der Waals surface area contributed by atoms with Crippen LogP contribution in [-0.2, 0) is 10.3 Å². The maximum absolute atomic E-state index is 9.60. The third-order valence-corrected chi connectivity index (χ3v) is 3.79. The molecule has 0 aromatic heterocycles. The van der Waals surface area contributed by atoms with Crippen LogP contribution in [0.25, 0.3) is 0 Å². The topological polar surface area (TPSA) is 48.3 Å². The fraction of sp³-hybridized carbons (Fsp3) is 0.533. The molecule has 4 heteroatoms. The van der Waals surface area contributed by atoms with E-state index in [1.807, 2.05) is 37.4 Å². The molecule has 1 fully saturated rings. The van der Waals surface area contributed by atoms with Gasteiger partial charge in [0.25, 0.3) is 0 Å². The molecule has 0 spiro atoms. The van der Waals surface area contributed by atoms with Gasteiger partial charge in [0.15, 0.2) is 0 Å². The normalized spacial score (nSPS) is 19.6. The summed E-state index contributed by atoms with van der Waals surface area (Å²) in [6.45, 7) is 4.42. The van der Waals surface area contributed by atoms with Crippen LogP contribution in [0, 0.1) is 11.3 Å². The smallest absolute Gasteiger partial charge is 0.133 e. The molecule has 1 aromatic carbocycles. The van der Waals surface area contributed by atoms with E-state index < -0.39 is 5.54 Å². The second-order valence-electron chi connectivity index (χ2n) is 4.84. The third-order valence-electron chi connectivity index (χ3n) is 3.79. The van der Waals surface area contributed by atoms with Crippen molar-refractivity contribution in [1.82, 2.24) is 10.2 Å². The average Bonchev–Trinajstić information content (AvgIpc) is 2.51. The molecular weight excluding hydrogens is 238 g/mol. The lowest BCUT2D eigenvalue weighted by Crippen LogP contribution is -2.44. The van der Waals surface area contributed by atoms with Gasteiger partial charge < -0.3 is 4.74 Å². The van der Waals surface area contributed by atoms with Crippen molar-refractivity contribution in [3.8, 4) is 6.07 Å². The van der Waals surface area contributed by atoms with Crippen molar-refractivity contribution in [3.05, 3.63) is 35.9 Å². The molecule has 1 heterocycles. The quantitative estimate of drug-likeness (QED) is 0.867. The first-order valence-electron chi connectivity index (χ1n) is 6.76. The highest BCUT2D eigenvalue weighted by molar-refractivity contribution is 5.31. The van der Waals surface area contributed by atoms with Gasteiger partial charge in [-0.1, -0.05) is 30.3 Å². The Balaban J connectivity index is 2.05. The molecule has 1 N–H and O–H groups in total. The van der Waals surface area contributed by atoms with Crippen molar-refractivity contribution in [2.24, 2.45) is 0 Å². The molecule has 19 heavy (non-hydrogen) atoms. The number of nitrogens with one attached hydrogen (secondary N) is 1. The molecule has 4 nitrogen and oxygen atoms in total. The second-order valence-corrected chi connectivity index (χ2v) is 4.84. The largest absolute Gasteiger partial charge is 0.379 e. The monoisotopic (exact) mass is 259 g/mol. The van der Waals surface area contributed by atoms with Gasteiger partial charge in [0.2, 0.25) is 0 Å². The first kappa shape index (κ1) is 14.0. The summed E-state index contributed by atoms with van der Waals surface area (Å²) in [6.07, 6.45) is 0.782.